The van der Waals surface area contributed by atoms with E-state index in [2.05, 4.69) is 29.0 Å². The summed E-state index contributed by atoms with van der Waals surface area (Å²) in [6.07, 6.45) is 4.87. The highest BCUT2D eigenvalue weighted by Gasteiger charge is 2.12. The highest BCUT2D eigenvalue weighted by molar-refractivity contribution is 6.21. The molecule has 0 radical (unpaired) electrons. The molecule has 2 aromatic rings. The molecular formula is C15H14N2O. The monoisotopic (exact) mass is 238 g/mol. The minimum absolute atomic E-state index is 0.269. The number of rotatable bonds is 2. The number of aliphatic imine (C=N–C) groups is 1. The Labute approximate surface area is 106 Å². The fraction of sp³-hybridized carbons (Fsp3) is 0.133. The van der Waals surface area contributed by atoms with Gasteiger partial charge in [0.1, 0.15) is 5.75 Å². The van der Waals surface area contributed by atoms with E-state index in [1.165, 1.54) is 5.69 Å². The van der Waals surface area contributed by atoms with Crippen LogP contribution in [0.15, 0.2) is 35.3 Å². The number of H-pyrrole nitrogens is 1. The molecule has 3 nitrogen and oxygen atoms in total. The predicted molar refractivity (Wildman–Crippen MR) is 74.3 cm³/mol. The van der Waals surface area contributed by atoms with Crippen molar-refractivity contribution < 1.29 is 5.11 Å². The molecule has 0 spiro atoms. The van der Waals surface area contributed by atoms with Gasteiger partial charge in [-0.15, -0.1) is 0 Å². The SMILES string of the molecule is CCc1ccc(C=C2C=Nc3ccc(O)cc32)[nH]1. The molecule has 3 rings (SSSR count). The molecule has 0 atom stereocenters. The number of aryl methyl sites for hydroxylation is 1. The number of aromatic hydroxyl groups is 1. The summed E-state index contributed by atoms with van der Waals surface area (Å²) < 4.78 is 0. The number of phenolic OH excluding ortho intramolecular Hbond substituents is 1. The molecule has 0 bridgehead atoms. The average Bonchev–Trinajstić information content (AvgIpc) is 2.97. The van der Waals surface area contributed by atoms with Crippen LogP contribution in [0.4, 0.5) is 5.69 Å². The normalized spacial score (nSPS) is 15.3. The molecule has 2 N–H and O–H groups in total. The molecule has 3 heteroatoms. The van der Waals surface area contributed by atoms with Gasteiger partial charge in [0.25, 0.3) is 0 Å². The fourth-order valence-corrected chi connectivity index (χ4v) is 2.11. The molecule has 0 unspecified atom stereocenters. The van der Waals surface area contributed by atoms with Gasteiger partial charge in [0.05, 0.1) is 5.69 Å². The van der Waals surface area contributed by atoms with Crippen LogP contribution in [-0.2, 0) is 6.42 Å². The number of aromatic amines is 1. The van der Waals surface area contributed by atoms with Crippen LogP contribution in [0.1, 0.15) is 23.9 Å². The maximum Gasteiger partial charge on any atom is 0.116 e. The van der Waals surface area contributed by atoms with E-state index in [0.717, 1.165) is 28.9 Å². The number of aromatic nitrogens is 1. The maximum atomic E-state index is 9.53. The lowest BCUT2D eigenvalue weighted by molar-refractivity contribution is 0.475. The summed E-state index contributed by atoms with van der Waals surface area (Å²) in [5.41, 5.74) is 5.17. The lowest BCUT2D eigenvalue weighted by atomic mass is 10.1. The molecule has 1 aliphatic rings. The summed E-state index contributed by atoms with van der Waals surface area (Å²) in [6, 6.07) is 9.37. The van der Waals surface area contributed by atoms with E-state index in [-0.39, 0.29) is 5.75 Å². The third-order valence-electron chi connectivity index (χ3n) is 3.09. The van der Waals surface area contributed by atoms with Crippen LogP contribution in [0.3, 0.4) is 0 Å². The molecule has 1 aromatic carbocycles. The van der Waals surface area contributed by atoms with Crippen LogP contribution >= 0.6 is 0 Å². The van der Waals surface area contributed by atoms with Crippen molar-refractivity contribution in [1.29, 1.82) is 0 Å². The Morgan fingerprint density at radius 2 is 2.17 bits per heavy atom. The Balaban J connectivity index is 2.00. The number of hydrogen-bond donors (Lipinski definition) is 2. The molecule has 0 saturated heterocycles. The zero-order valence-corrected chi connectivity index (χ0v) is 10.1. The van der Waals surface area contributed by atoms with E-state index in [1.807, 2.05) is 18.4 Å². The average molecular weight is 238 g/mol. The molecular weight excluding hydrogens is 224 g/mol. The minimum Gasteiger partial charge on any atom is -0.508 e. The van der Waals surface area contributed by atoms with Gasteiger partial charge in [-0.1, -0.05) is 6.92 Å². The number of phenols is 1. The lowest BCUT2D eigenvalue weighted by Crippen LogP contribution is -1.82. The Hall–Kier alpha value is -2.29. The van der Waals surface area contributed by atoms with Gasteiger partial charge >= 0.3 is 0 Å². The van der Waals surface area contributed by atoms with Crippen LogP contribution in [0, 0.1) is 0 Å². The van der Waals surface area contributed by atoms with Gasteiger partial charge in [0.15, 0.2) is 0 Å². The van der Waals surface area contributed by atoms with Gasteiger partial charge in [-0.2, -0.15) is 0 Å². The Kier molecular flexibility index (Phi) is 2.52. The highest BCUT2D eigenvalue weighted by Crippen LogP contribution is 2.34. The molecule has 0 fully saturated rings. The van der Waals surface area contributed by atoms with Crippen molar-refractivity contribution in [3.63, 3.8) is 0 Å². The Morgan fingerprint density at radius 3 is 2.94 bits per heavy atom. The van der Waals surface area contributed by atoms with E-state index in [0.29, 0.717) is 0 Å². The number of allylic oxidation sites excluding steroid dienone is 1. The fourth-order valence-electron chi connectivity index (χ4n) is 2.11. The van der Waals surface area contributed by atoms with E-state index >= 15 is 0 Å². The third-order valence-corrected chi connectivity index (χ3v) is 3.09. The molecule has 1 aliphatic heterocycles. The van der Waals surface area contributed by atoms with Crippen LogP contribution < -0.4 is 0 Å². The summed E-state index contributed by atoms with van der Waals surface area (Å²) >= 11 is 0. The first-order valence-corrected chi connectivity index (χ1v) is 6.03. The Morgan fingerprint density at radius 1 is 1.28 bits per heavy atom. The first kappa shape index (κ1) is 10.8. The summed E-state index contributed by atoms with van der Waals surface area (Å²) in [5, 5.41) is 9.53. The van der Waals surface area contributed by atoms with Gasteiger partial charge in [0.2, 0.25) is 0 Å². The van der Waals surface area contributed by atoms with Crippen molar-refractivity contribution >= 4 is 23.6 Å². The maximum absolute atomic E-state index is 9.53. The van der Waals surface area contributed by atoms with Gasteiger partial charge < -0.3 is 10.1 Å². The van der Waals surface area contributed by atoms with Crippen LogP contribution in [0.5, 0.6) is 5.75 Å². The number of fused-ring (bicyclic) bond motifs is 1. The van der Waals surface area contributed by atoms with Crippen molar-refractivity contribution in [1.82, 2.24) is 4.98 Å². The molecule has 18 heavy (non-hydrogen) atoms. The van der Waals surface area contributed by atoms with Crippen molar-refractivity contribution in [3.8, 4) is 5.75 Å². The molecule has 1 aromatic heterocycles. The van der Waals surface area contributed by atoms with E-state index in [1.54, 1.807) is 12.1 Å². The zero-order valence-electron chi connectivity index (χ0n) is 10.1. The topological polar surface area (TPSA) is 48.4 Å². The highest BCUT2D eigenvalue weighted by atomic mass is 16.3. The van der Waals surface area contributed by atoms with Crippen LogP contribution in [0.25, 0.3) is 11.6 Å². The van der Waals surface area contributed by atoms with Crippen molar-refractivity contribution in [2.24, 2.45) is 4.99 Å². The third kappa shape index (κ3) is 1.84. The van der Waals surface area contributed by atoms with Crippen molar-refractivity contribution in [2.75, 3.05) is 0 Å². The first-order chi connectivity index (χ1) is 8.76. The largest absolute Gasteiger partial charge is 0.508 e. The molecule has 0 aliphatic carbocycles. The second-order valence-electron chi connectivity index (χ2n) is 4.35. The van der Waals surface area contributed by atoms with Crippen LogP contribution in [-0.4, -0.2) is 16.3 Å². The quantitative estimate of drug-likeness (QED) is 0.826. The first-order valence-electron chi connectivity index (χ1n) is 6.03. The zero-order chi connectivity index (χ0) is 12.5. The van der Waals surface area contributed by atoms with Gasteiger partial charge in [-0.25, -0.2) is 0 Å². The van der Waals surface area contributed by atoms with Crippen molar-refractivity contribution in [3.05, 3.63) is 47.3 Å². The van der Waals surface area contributed by atoms with Crippen LogP contribution in [0.2, 0.25) is 0 Å². The van der Waals surface area contributed by atoms with E-state index in [9.17, 15) is 5.11 Å². The second-order valence-corrected chi connectivity index (χ2v) is 4.35. The molecule has 0 amide bonds. The van der Waals surface area contributed by atoms with Gasteiger partial charge in [0, 0.05) is 28.7 Å². The second kappa shape index (κ2) is 4.18. The number of nitrogens with zero attached hydrogens (tertiary/aromatic N) is 1. The van der Waals surface area contributed by atoms with E-state index < -0.39 is 0 Å². The number of benzene rings is 1. The lowest BCUT2D eigenvalue weighted by Gasteiger charge is -2.00. The molecule has 90 valence electrons. The predicted octanol–water partition coefficient (Wildman–Crippen LogP) is 3.54. The van der Waals surface area contributed by atoms with Crippen molar-refractivity contribution in [2.45, 2.75) is 13.3 Å². The van der Waals surface area contributed by atoms with Gasteiger partial charge in [-0.05, 0) is 42.8 Å². The summed E-state index contributed by atoms with van der Waals surface area (Å²) in [5.74, 6) is 0.269. The minimum atomic E-state index is 0.269. The molecule has 0 saturated carbocycles. The summed E-state index contributed by atoms with van der Waals surface area (Å²) in [6.45, 7) is 2.12. The van der Waals surface area contributed by atoms with Gasteiger partial charge in [-0.3, -0.25) is 4.99 Å². The summed E-state index contributed by atoms with van der Waals surface area (Å²) in [4.78, 5) is 7.66. The standard InChI is InChI=1S/C15H14N2O/c1-2-11-3-4-12(17-11)7-10-9-16-15-6-5-13(18)8-14(10)15/h3-9,17-18H,2H2,1H3. The molecule has 2 heterocycles. The number of nitrogens with one attached hydrogen (secondary N) is 1. The summed E-state index contributed by atoms with van der Waals surface area (Å²) in [7, 11) is 0. The van der Waals surface area contributed by atoms with E-state index in [4.69, 9.17) is 0 Å². The number of hydrogen-bond acceptors (Lipinski definition) is 2. The smallest absolute Gasteiger partial charge is 0.116 e. The Bertz CT molecular complexity index is 650.